The zero-order valence-corrected chi connectivity index (χ0v) is 19.8. The van der Waals surface area contributed by atoms with Crippen LogP contribution in [0.2, 0.25) is 0 Å². The molecule has 0 amide bonds. The Balaban J connectivity index is 3.85. The van der Waals surface area contributed by atoms with Crippen molar-refractivity contribution in [2.45, 2.75) is 90.1 Å². The number of carboxylic acids is 1. The first-order valence-electron chi connectivity index (χ1n) is 11.7. The second-order valence-electron chi connectivity index (χ2n) is 9.30. The Morgan fingerprint density at radius 3 is 1.90 bits per heavy atom. The van der Waals surface area contributed by atoms with Crippen LogP contribution in [0, 0.1) is 5.92 Å². The topological polar surface area (TPSA) is 74.6 Å². The van der Waals surface area contributed by atoms with Gasteiger partial charge in [0.1, 0.15) is 24.3 Å². The summed E-state index contributed by atoms with van der Waals surface area (Å²) in [5.74, 6) is -2.88. The van der Waals surface area contributed by atoms with E-state index in [0.29, 0.717) is 10.9 Å². The molecule has 0 aliphatic rings. The molecule has 5 heteroatoms. The van der Waals surface area contributed by atoms with Crippen LogP contribution in [-0.2, 0) is 9.59 Å². The minimum Gasteiger partial charge on any atom is -0.481 e. The maximum absolute atomic E-state index is 12.3. The van der Waals surface area contributed by atoms with E-state index in [1.54, 1.807) is 0 Å². The number of aliphatic hydroxyl groups is 1. The molecule has 0 aromatic heterocycles. The minimum atomic E-state index is -1.31. The first kappa shape index (κ1) is 28.5. The van der Waals surface area contributed by atoms with Crippen LogP contribution in [0.25, 0.3) is 0 Å². The molecular weight excluding hydrogens is 378 g/mol. The first-order chi connectivity index (χ1) is 14.2. The van der Waals surface area contributed by atoms with E-state index >= 15 is 0 Å². The second-order valence-corrected chi connectivity index (χ2v) is 9.30. The summed E-state index contributed by atoms with van der Waals surface area (Å²) in [5.41, 5.74) is 0. The molecule has 0 rings (SSSR count). The van der Waals surface area contributed by atoms with Crippen LogP contribution in [-0.4, -0.2) is 60.2 Å². The van der Waals surface area contributed by atoms with Gasteiger partial charge in [0.05, 0.1) is 21.1 Å². The van der Waals surface area contributed by atoms with E-state index in [2.05, 4.69) is 31.2 Å². The van der Waals surface area contributed by atoms with Crippen molar-refractivity contribution >= 4 is 11.8 Å². The van der Waals surface area contributed by atoms with Crippen LogP contribution in [0.4, 0.5) is 0 Å². The lowest BCUT2D eigenvalue weighted by atomic mass is 9.93. The number of hydrogen-bond acceptors (Lipinski definition) is 3. The van der Waals surface area contributed by atoms with E-state index in [4.69, 9.17) is 0 Å². The molecule has 5 nitrogen and oxygen atoms in total. The van der Waals surface area contributed by atoms with Gasteiger partial charge in [-0.2, -0.15) is 0 Å². The molecule has 0 spiro atoms. The highest BCUT2D eigenvalue weighted by atomic mass is 16.4. The number of aliphatic hydroxyl groups excluding tert-OH is 1. The fourth-order valence-corrected chi connectivity index (χ4v) is 3.45. The summed E-state index contributed by atoms with van der Waals surface area (Å²) in [6.45, 7) is 2.46. The van der Waals surface area contributed by atoms with Gasteiger partial charge in [-0.15, -0.1) is 0 Å². The van der Waals surface area contributed by atoms with Crippen LogP contribution in [0.1, 0.15) is 84.0 Å². The normalized spacial score (nSPS) is 14.4. The van der Waals surface area contributed by atoms with Gasteiger partial charge in [0.2, 0.25) is 0 Å². The predicted molar refractivity (Wildman–Crippen MR) is 124 cm³/mol. The Hall–Kier alpha value is -1.46. The van der Waals surface area contributed by atoms with Gasteiger partial charge in [0.25, 0.3) is 0 Å². The number of carbonyl (C=O) groups is 2. The van der Waals surface area contributed by atoms with Crippen molar-refractivity contribution in [1.82, 2.24) is 0 Å². The van der Waals surface area contributed by atoms with Crippen molar-refractivity contribution in [2.75, 3.05) is 27.7 Å². The highest BCUT2D eigenvalue weighted by Crippen LogP contribution is 2.15. The molecule has 0 radical (unpaired) electrons. The Labute approximate surface area is 184 Å². The van der Waals surface area contributed by atoms with Crippen LogP contribution < -0.4 is 0 Å². The molecule has 0 saturated heterocycles. The largest absolute Gasteiger partial charge is 0.481 e. The highest BCUT2D eigenvalue weighted by molar-refractivity contribution is 5.98. The van der Waals surface area contributed by atoms with Crippen LogP contribution in [0.3, 0.4) is 0 Å². The van der Waals surface area contributed by atoms with E-state index < -0.39 is 18.0 Å². The molecule has 0 aromatic rings. The van der Waals surface area contributed by atoms with Crippen molar-refractivity contribution in [1.29, 1.82) is 0 Å². The number of nitrogens with zero attached hydrogens (tertiary/aromatic N) is 1. The monoisotopic (exact) mass is 424 g/mol. The molecule has 0 bridgehead atoms. The standard InChI is InChI=1S/C25H45NO4/c1-5-6-7-8-9-10-11-12-13-14-15-16-17-18-19-20-22(27)24(25(29)30)23(28)21-26(2,3)4/h9-10,12-13,23-24,28H,5-8,11,14-21H2,1-4H3/p+1. The molecule has 0 aliphatic heterocycles. The van der Waals surface area contributed by atoms with Gasteiger partial charge < -0.3 is 14.7 Å². The van der Waals surface area contributed by atoms with E-state index in [9.17, 15) is 19.8 Å². The second kappa shape index (κ2) is 17.2. The van der Waals surface area contributed by atoms with Crippen molar-refractivity contribution in [2.24, 2.45) is 5.92 Å². The maximum atomic E-state index is 12.3. The summed E-state index contributed by atoms with van der Waals surface area (Å²) in [7, 11) is 5.60. The van der Waals surface area contributed by atoms with Gasteiger partial charge >= 0.3 is 5.97 Å². The summed E-state index contributed by atoms with van der Waals surface area (Å²) < 4.78 is 0.419. The number of unbranched alkanes of at least 4 members (excludes halogenated alkanes) is 8. The molecule has 174 valence electrons. The molecule has 2 unspecified atom stereocenters. The molecule has 0 saturated carbocycles. The number of rotatable bonds is 19. The van der Waals surface area contributed by atoms with Gasteiger partial charge in [0.15, 0.2) is 0 Å². The average molecular weight is 425 g/mol. The fourth-order valence-electron chi connectivity index (χ4n) is 3.45. The molecule has 2 atom stereocenters. The van der Waals surface area contributed by atoms with Crippen molar-refractivity contribution in [3.8, 4) is 0 Å². The first-order valence-corrected chi connectivity index (χ1v) is 11.7. The number of Topliss-reactive ketones (excluding diaryl/α,β-unsaturated/α-hetero) is 1. The van der Waals surface area contributed by atoms with Gasteiger partial charge in [-0.1, -0.05) is 63.3 Å². The fraction of sp³-hybridized carbons (Fsp3) is 0.760. The van der Waals surface area contributed by atoms with Crippen molar-refractivity contribution in [3.63, 3.8) is 0 Å². The highest BCUT2D eigenvalue weighted by Gasteiger charge is 2.36. The van der Waals surface area contributed by atoms with Crippen LogP contribution in [0.15, 0.2) is 24.3 Å². The summed E-state index contributed by atoms with van der Waals surface area (Å²) in [6.07, 6.45) is 20.2. The molecule has 0 heterocycles. The van der Waals surface area contributed by atoms with E-state index in [0.717, 1.165) is 38.5 Å². The van der Waals surface area contributed by atoms with Gasteiger partial charge in [-0.05, 0) is 38.5 Å². The lowest BCUT2D eigenvalue weighted by Crippen LogP contribution is -2.47. The zero-order chi connectivity index (χ0) is 22.8. The summed E-state index contributed by atoms with van der Waals surface area (Å²) in [6, 6.07) is 0. The summed E-state index contributed by atoms with van der Waals surface area (Å²) in [4.78, 5) is 23.7. The maximum Gasteiger partial charge on any atom is 0.316 e. The number of carbonyl (C=O) groups excluding carboxylic acids is 1. The molecule has 0 aliphatic carbocycles. The smallest absolute Gasteiger partial charge is 0.316 e. The number of carboxylic acid groups (broad SMARTS) is 1. The number of allylic oxidation sites excluding steroid dienone is 4. The molecule has 0 fully saturated rings. The summed E-state index contributed by atoms with van der Waals surface area (Å²) in [5, 5.41) is 19.5. The number of aliphatic carboxylic acids is 1. The van der Waals surface area contributed by atoms with Crippen molar-refractivity contribution < 1.29 is 24.3 Å². The van der Waals surface area contributed by atoms with Gasteiger partial charge in [-0.3, -0.25) is 9.59 Å². The van der Waals surface area contributed by atoms with Crippen molar-refractivity contribution in [3.05, 3.63) is 24.3 Å². The Morgan fingerprint density at radius 1 is 0.833 bits per heavy atom. The Kier molecular flexibility index (Phi) is 16.4. The Morgan fingerprint density at radius 2 is 1.37 bits per heavy atom. The molecule has 0 aromatic carbocycles. The third kappa shape index (κ3) is 16.3. The van der Waals surface area contributed by atoms with E-state index in [1.807, 2.05) is 21.1 Å². The lowest BCUT2D eigenvalue weighted by Gasteiger charge is -2.28. The number of quaternary nitrogens is 1. The number of likely N-dealkylation sites (N-methyl/N-ethyl adjacent to an activating group) is 1. The molecule has 2 N–H and O–H groups in total. The third-order valence-electron chi connectivity index (χ3n) is 5.11. The average Bonchev–Trinajstić information content (AvgIpc) is 2.63. The third-order valence-corrected chi connectivity index (χ3v) is 5.11. The van der Waals surface area contributed by atoms with Crippen LogP contribution >= 0.6 is 0 Å². The number of hydrogen-bond donors (Lipinski definition) is 2. The lowest BCUT2D eigenvalue weighted by molar-refractivity contribution is -0.873. The summed E-state index contributed by atoms with van der Waals surface area (Å²) >= 11 is 0. The predicted octanol–water partition coefficient (Wildman–Crippen LogP) is 5.14. The SMILES string of the molecule is CCCCCC=CCC=CCCCCCCCC(=O)C(C(=O)O)C(O)C[N+](C)(C)C. The zero-order valence-electron chi connectivity index (χ0n) is 19.8. The molecule has 30 heavy (non-hydrogen) atoms. The van der Waals surface area contributed by atoms with E-state index in [1.165, 1.54) is 25.7 Å². The van der Waals surface area contributed by atoms with Gasteiger partial charge in [0, 0.05) is 6.42 Å². The minimum absolute atomic E-state index is 0.232. The Bertz CT molecular complexity index is 520. The van der Waals surface area contributed by atoms with Crippen LogP contribution in [0.5, 0.6) is 0 Å². The number of ketones is 1. The van der Waals surface area contributed by atoms with Gasteiger partial charge in [-0.25, -0.2) is 0 Å². The van der Waals surface area contributed by atoms with E-state index in [-0.39, 0.29) is 18.7 Å². The molecular formula is C25H46NO4+. The quantitative estimate of drug-likeness (QED) is 0.130.